The zero-order chi connectivity index (χ0) is 26.1. The minimum atomic E-state index is -0.919. The van der Waals surface area contributed by atoms with E-state index in [0.717, 1.165) is 38.6 Å². The summed E-state index contributed by atoms with van der Waals surface area (Å²) in [6, 6.07) is 25.4. The molecule has 0 unspecified atom stereocenters. The monoisotopic (exact) mass is 520 g/mol. The number of amidine groups is 1. The third kappa shape index (κ3) is 4.62. The number of fused-ring (bicyclic) bond motifs is 2. The van der Waals surface area contributed by atoms with Crippen LogP contribution >= 0.6 is 11.8 Å². The Hall–Kier alpha value is -4.56. The van der Waals surface area contributed by atoms with E-state index in [1.54, 1.807) is 15.7 Å². The van der Waals surface area contributed by atoms with Crippen molar-refractivity contribution in [2.24, 2.45) is 4.99 Å². The van der Waals surface area contributed by atoms with E-state index in [2.05, 4.69) is 11.1 Å². The number of hydrogen-bond donors (Lipinski definition) is 2. The van der Waals surface area contributed by atoms with Crippen LogP contribution in [-0.4, -0.2) is 43.1 Å². The summed E-state index contributed by atoms with van der Waals surface area (Å²) in [6.45, 7) is 0.333. The lowest BCUT2D eigenvalue weighted by Crippen LogP contribution is -2.31. The number of thioether (sulfide) groups is 1. The number of rotatable bonds is 7. The van der Waals surface area contributed by atoms with Crippen molar-refractivity contribution < 1.29 is 14.7 Å². The standard InChI is InChI=1S/C30H24N4O3S/c35-28(36)19-33-18-21(24-11-5-7-13-26(24)33)16-27-29(37)34(30(38-27)32-22-8-2-1-3-9-22)15-14-20-17-31-25-12-6-4-10-23(20)25/h1-13,16-18,31H,14-15,19H2,(H,35,36)/b27-16-,32-30?. The SMILES string of the molecule is O=C(O)Cn1cc(/C=C2\SC(=Nc3ccccc3)N(CCc3c[nH]c4ccccc34)C2=O)c2ccccc21. The van der Waals surface area contributed by atoms with E-state index in [9.17, 15) is 14.7 Å². The van der Waals surface area contributed by atoms with Crippen LogP contribution in [0.5, 0.6) is 0 Å². The molecule has 1 aliphatic heterocycles. The van der Waals surface area contributed by atoms with Gasteiger partial charge in [-0.25, -0.2) is 4.99 Å². The summed E-state index contributed by atoms with van der Waals surface area (Å²) >= 11 is 1.34. The zero-order valence-corrected chi connectivity index (χ0v) is 21.2. The first-order chi connectivity index (χ1) is 18.6. The molecular formula is C30H24N4O3S. The predicted octanol–water partition coefficient (Wildman–Crippen LogP) is 6.05. The zero-order valence-electron chi connectivity index (χ0n) is 20.4. The number of nitrogens with one attached hydrogen (secondary N) is 1. The van der Waals surface area contributed by atoms with E-state index >= 15 is 0 Å². The Kier molecular flexibility index (Phi) is 6.31. The molecule has 1 amide bonds. The third-order valence-corrected chi connectivity index (χ3v) is 7.57. The number of aliphatic carboxylic acids is 1. The molecule has 3 heterocycles. The number of aliphatic imine (C=N–C) groups is 1. The lowest BCUT2D eigenvalue weighted by atomic mass is 10.1. The van der Waals surface area contributed by atoms with Crippen LogP contribution in [0.3, 0.4) is 0 Å². The van der Waals surface area contributed by atoms with Gasteiger partial charge in [-0.2, -0.15) is 0 Å². The van der Waals surface area contributed by atoms with Crippen LogP contribution in [0.25, 0.3) is 27.9 Å². The molecule has 188 valence electrons. The number of benzene rings is 3. The van der Waals surface area contributed by atoms with Gasteiger partial charge in [0.2, 0.25) is 0 Å². The average Bonchev–Trinajstić information content (AvgIpc) is 3.58. The Labute approximate surface area is 223 Å². The second kappa shape index (κ2) is 10.1. The minimum absolute atomic E-state index is 0.111. The summed E-state index contributed by atoms with van der Waals surface area (Å²) in [4.78, 5) is 35.5. The second-order valence-electron chi connectivity index (χ2n) is 9.03. The van der Waals surface area contributed by atoms with E-state index in [1.807, 2.05) is 85.1 Å². The highest BCUT2D eigenvalue weighted by Gasteiger charge is 2.33. The Morgan fingerprint density at radius 1 is 0.974 bits per heavy atom. The molecule has 5 aromatic rings. The van der Waals surface area contributed by atoms with Crippen molar-refractivity contribution in [2.45, 2.75) is 13.0 Å². The van der Waals surface area contributed by atoms with Crippen LogP contribution in [0.4, 0.5) is 5.69 Å². The normalized spacial score (nSPS) is 15.9. The molecule has 6 rings (SSSR count). The maximum atomic E-state index is 13.7. The summed E-state index contributed by atoms with van der Waals surface area (Å²) in [5, 5.41) is 12.0. The van der Waals surface area contributed by atoms with Gasteiger partial charge in [-0.1, -0.05) is 54.6 Å². The number of carbonyl (C=O) groups excluding carboxylic acids is 1. The first kappa shape index (κ1) is 23.8. The molecule has 2 aromatic heterocycles. The van der Waals surface area contributed by atoms with Crippen LogP contribution in [0.15, 0.2) is 101 Å². The average molecular weight is 521 g/mol. The maximum absolute atomic E-state index is 13.7. The quantitative estimate of drug-likeness (QED) is 0.256. The summed E-state index contributed by atoms with van der Waals surface area (Å²) in [7, 11) is 0. The van der Waals surface area contributed by atoms with Crippen molar-refractivity contribution in [3.8, 4) is 0 Å². The molecule has 0 radical (unpaired) electrons. The summed E-state index contributed by atoms with van der Waals surface area (Å²) in [5.74, 6) is -1.03. The van der Waals surface area contributed by atoms with Crippen LogP contribution < -0.4 is 0 Å². The van der Waals surface area contributed by atoms with Gasteiger partial charge in [0.15, 0.2) is 5.17 Å². The number of carboxylic acids is 1. The molecule has 2 N–H and O–H groups in total. The number of aromatic nitrogens is 2. The molecule has 3 aromatic carbocycles. The molecule has 1 aliphatic rings. The van der Waals surface area contributed by atoms with Crippen LogP contribution in [0.1, 0.15) is 11.1 Å². The van der Waals surface area contributed by atoms with Crippen molar-refractivity contribution in [3.05, 3.63) is 107 Å². The van der Waals surface area contributed by atoms with Crippen molar-refractivity contribution in [1.29, 1.82) is 0 Å². The fourth-order valence-corrected chi connectivity index (χ4v) is 5.80. The summed E-state index contributed by atoms with van der Waals surface area (Å²) < 4.78 is 1.70. The van der Waals surface area contributed by atoms with Crippen molar-refractivity contribution in [2.75, 3.05) is 6.54 Å². The third-order valence-electron chi connectivity index (χ3n) is 6.56. The number of para-hydroxylation sites is 3. The first-order valence-electron chi connectivity index (χ1n) is 12.3. The molecule has 0 aliphatic carbocycles. The van der Waals surface area contributed by atoms with E-state index in [0.29, 0.717) is 23.0 Å². The Morgan fingerprint density at radius 2 is 1.71 bits per heavy atom. The molecule has 1 saturated heterocycles. The molecular weight excluding hydrogens is 496 g/mol. The lowest BCUT2D eigenvalue weighted by molar-refractivity contribution is -0.137. The number of aromatic amines is 1. The summed E-state index contributed by atoms with van der Waals surface area (Å²) in [6.07, 6.45) is 6.32. The highest BCUT2D eigenvalue weighted by molar-refractivity contribution is 8.18. The van der Waals surface area contributed by atoms with Gasteiger partial charge in [0.1, 0.15) is 6.54 Å². The van der Waals surface area contributed by atoms with E-state index in [-0.39, 0.29) is 12.5 Å². The Morgan fingerprint density at radius 3 is 2.53 bits per heavy atom. The van der Waals surface area contributed by atoms with Gasteiger partial charge in [0.25, 0.3) is 5.91 Å². The van der Waals surface area contributed by atoms with E-state index in [1.165, 1.54) is 11.8 Å². The smallest absolute Gasteiger partial charge is 0.323 e. The Bertz CT molecular complexity index is 1730. The highest BCUT2D eigenvalue weighted by Crippen LogP contribution is 2.36. The van der Waals surface area contributed by atoms with Gasteiger partial charge >= 0.3 is 5.97 Å². The van der Waals surface area contributed by atoms with Crippen molar-refractivity contribution >= 4 is 62.4 Å². The number of amides is 1. The van der Waals surface area contributed by atoms with Gasteiger partial charge in [0, 0.05) is 46.3 Å². The van der Waals surface area contributed by atoms with E-state index < -0.39 is 5.97 Å². The predicted molar refractivity (Wildman–Crippen MR) is 152 cm³/mol. The molecule has 0 saturated carbocycles. The maximum Gasteiger partial charge on any atom is 0.323 e. The topological polar surface area (TPSA) is 90.7 Å². The second-order valence-corrected chi connectivity index (χ2v) is 10.0. The van der Waals surface area contributed by atoms with Gasteiger partial charge in [0.05, 0.1) is 10.6 Å². The molecule has 38 heavy (non-hydrogen) atoms. The molecule has 0 bridgehead atoms. The number of hydrogen-bond acceptors (Lipinski definition) is 4. The van der Waals surface area contributed by atoms with Crippen LogP contribution in [0.2, 0.25) is 0 Å². The Balaban J connectivity index is 1.36. The highest BCUT2D eigenvalue weighted by atomic mass is 32.2. The van der Waals surface area contributed by atoms with Crippen LogP contribution in [0, 0.1) is 0 Å². The number of carboxylic acid groups (broad SMARTS) is 1. The minimum Gasteiger partial charge on any atom is -0.480 e. The number of nitrogens with zero attached hydrogens (tertiary/aromatic N) is 3. The molecule has 8 heteroatoms. The fraction of sp³-hybridized carbons (Fsp3) is 0.100. The van der Waals surface area contributed by atoms with Gasteiger partial charge in [-0.3, -0.25) is 14.5 Å². The van der Waals surface area contributed by atoms with Crippen molar-refractivity contribution in [3.63, 3.8) is 0 Å². The van der Waals surface area contributed by atoms with Crippen molar-refractivity contribution in [1.82, 2.24) is 14.5 Å². The number of carbonyl (C=O) groups is 2. The van der Waals surface area contributed by atoms with Gasteiger partial charge in [-0.05, 0) is 54.1 Å². The molecule has 0 spiro atoms. The molecule has 0 atom stereocenters. The fourth-order valence-electron chi connectivity index (χ4n) is 4.78. The van der Waals surface area contributed by atoms with E-state index in [4.69, 9.17) is 4.99 Å². The summed E-state index contributed by atoms with van der Waals surface area (Å²) in [5.41, 5.74) is 4.61. The number of H-pyrrole nitrogens is 1. The molecule has 1 fully saturated rings. The largest absolute Gasteiger partial charge is 0.480 e. The van der Waals surface area contributed by atoms with Crippen LogP contribution in [-0.2, 0) is 22.6 Å². The lowest BCUT2D eigenvalue weighted by Gasteiger charge is -2.15. The first-order valence-corrected chi connectivity index (χ1v) is 13.1. The molecule has 7 nitrogen and oxygen atoms in total. The van der Waals surface area contributed by atoms with Gasteiger partial charge < -0.3 is 14.7 Å². The van der Waals surface area contributed by atoms with Gasteiger partial charge in [-0.15, -0.1) is 0 Å².